The minimum atomic E-state index is -0.0121. The zero-order chi connectivity index (χ0) is 22.1. The average Bonchev–Trinajstić information content (AvgIpc) is 3.10. The third-order valence-electron chi connectivity index (χ3n) is 5.61. The molecule has 0 atom stereocenters. The van der Waals surface area contributed by atoms with Crippen molar-refractivity contribution < 1.29 is 9.53 Å². The normalized spacial score (nSPS) is 14.8. The number of aliphatic imine (C=N–C) groups is 1. The third-order valence-corrected chi connectivity index (χ3v) is 5.61. The molecule has 1 aromatic heterocycles. The summed E-state index contributed by atoms with van der Waals surface area (Å²) in [6, 6.07) is 8.38. The second-order valence-corrected chi connectivity index (χ2v) is 8.14. The zero-order valence-electron chi connectivity index (χ0n) is 19.4. The number of amides is 1. The summed E-state index contributed by atoms with van der Waals surface area (Å²) >= 11 is 0. The molecule has 0 aliphatic carbocycles. The number of fused-ring (bicyclic) bond motifs is 1. The second kappa shape index (κ2) is 13.6. The number of likely N-dealkylation sites (N-methyl/N-ethyl adjacent to an activating group) is 1. The van der Waals surface area contributed by atoms with Gasteiger partial charge in [0.05, 0.1) is 13.2 Å². The second-order valence-electron chi connectivity index (χ2n) is 8.14. The van der Waals surface area contributed by atoms with Crippen LogP contribution < -0.4 is 10.6 Å². The first-order valence-corrected chi connectivity index (χ1v) is 11.1. The maximum absolute atomic E-state index is 12.0. The van der Waals surface area contributed by atoms with Gasteiger partial charge in [-0.05, 0) is 37.9 Å². The van der Waals surface area contributed by atoms with E-state index in [0.29, 0.717) is 5.96 Å². The number of rotatable bonds is 9. The van der Waals surface area contributed by atoms with Gasteiger partial charge in [0.2, 0.25) is 5.91 Å². The highest BCUT2D eigenvalue weighted by atomic mass is 127. The standard InChI is InChI=1S/C23H36N6O2.HI/c1-18-19(20-7-4-5-8-21(20)27-18)9-11-25-23(26-17-22(30)28(2)3)24-10-6-12-29-13-15-31-16-14-29;/h4-5,7-8,27H,6,9-17H2,1-3H3,(H2,24,25,26);1H. The van der Waals surface area contributed by atoms with E-state index < -0.39 is 0 Å². The Hall–Kier alpha value is -1.85. The van der Waals surface area contributed by atoms with Crippen molar-refractivity contribution in [2.75, 3.05) is 66.6 Å². The van der Waals surface area contributed by atoms with E-state index in [4.69, 9.17) is 4.74 Å². The molecule has 1 amide bonds. The summed E-state index contributed by atoms with van der Waals surface area (Å²) in [5.41, 5.74) is 3.68. The van der Waals surface area contributed by atoms with E-state index in [1.165, 1.54) is 22.2 Å². The van der Waals surface area contributed by atoms with Gasteiger partial charge >= 0.3 is 0 Å². The van der Waals surface area contributed by atoms with Crippen molar-refractivity contribution in [2.45, 2.75) is 19.8 Å². The predicted molar refractivity (Wildman–Crippen MR) is 141 cm³/mol. The number of carbonyl (C=O) groups is 1. The first kappa shape index (κ1) is 26.4. The molecule has 3 N–H and O–H groups in total. The number of aryl methyl sites for hydroxylation is 1. The maximum atomic E-state index is 12.0. The molecule has 1 aliphatic heterocycles. The number of aromatic amines is 1. The van der Waals surface area contributed by atoms with Gasteiger partial charge in [-0.1, -0.05) is 18.2 Å². The number of morpholine rings is 1. The lowest BCUT2D eigenvalue weighted by Gasteiger charge is -2.26. The Bertz CT molecular complexity index is 876. The highest BCUT2D eigenvalue weighted by Crippen LogP contribution is 2.21. The van der Waals surface area contributed by atoms with Gasteiger partial charge in [0.1, 0.15) is 6.54 Å². The molecule has 1 fully saturated rings. The Balaban J connectivity index is 0.00000363. The van der Waals surface area contributed by atoms with Gasteiger partial charge in [-0.3, -0.25) is 9.69 Å². The molecule has 8 nitrogen and oxygen atoms in total. The Morgan fingerprint density at radius 1 is 1.19 bits per heavy atom. The Kier molecular flexibility index (Phi) is 11.3. The average molecular weight is 556 g/mol. The van der Waals surface area contributed by atoms with Gasteiger partial charge in [-0.15, -0.1) is 24.0 Å². The Morgan fingerprint density at radius 3 is 2.66 bits per heavy atom. The van der Waals surface area contributed by atoms with E-state index in [2.05, 4.69) is 50.6 Å². The van der Waals surface area contributed by atoms with E-state index in [1.807, 2.05) is 6.07 Å². The minimum absolute atomic E-state index is 0. The summed E-state index contributed by atoms with van der Waals surface area (Å²) in [6.07, 6.45) is 1.90. The molecule has 9 heteroatoms. The van der Waals surface area contributed by atoms with Crippen LogP contribution in [0.1, 0.15) is 17.7 Å². The van der Waals surface area contributed by atoms with Crippen LogP contribution in [-0.2, 0) is 16.0 Å². The number of H-pyrrole nitrogens is 1. The maximum Gasteiger partial charge on any atom is 0.243 e. The molecule has 0 spiro atoms. The summed E-state index contributed by atoms with van der Waals surface area (Å²) in [6.45, 7) is 8.49. The number of benzene rings is 1. The third kappa shape index (κ3) is 7.93. The van der Waals surface area contributed by atoms with E-state index in [9.17, 15) is 4.79 Å². The van der Waals surface area contributed by atoms with Crippen LogP contribution in [-0.4, -0.2) is 93.2 Å². The lowest BCUT2D eigenvalue weighted by Crippen LogP contribution is -2.42. The largest absolute Gasteiger partial charge is 0.379 e. The van der Waals surface area contributed by atoms with Crippen LogP contribution in [0.4, 0.5) is 0 Å². The van der Waals surface area contributed by atoms with Crippen LogP contribution in [0, 0.1) is 6.92 Å². The fourth-order valence-corrected chi connectivity index (χ4v) is 3.76. The van der Waals surface area contributed by atoms with Crippen molar-refractivity contribution in [2.24, 2.45) is 4.99 Å². The number of guanidine groups is 1. The predicted octanol–water partition coefficient (Wildman–Crippen LogP) is 1.98. The van der Waals surface area contributed by atoms with Crippen molar-refractivity contribution in [3.63, 3.8) is 0 Å². The van der Waals surface area contributed by atoms with Crippen LogP contribution in [0.3, 0.4) is 0 Å². The molecule has 178 valence electrons. The highest BCUT2D eigenvalue weighted by molar-refractivity contribution is 14.0. The van der Waals surface area contributed by atoms with Crippen LogP contribution in [0.15, 0.2) is 29.3 Å². The molecule has 2 heterocycles. The number of carbonyl (C=O) groups excluding carboxylic acids is 1. The lowest BCUT2D eigenvalue weighted by atomic mass is 10.1. The van der Waals surface area contributed by atoms with E-state index in [-0.39, 0.29) is 36.4 Å². The molecule has 0 saturated carbocycles. The fourth-order valence-electron chi connectivity index (χ4n) is 3.76. The number of aromatic nitrogens is 1. The number of para-hydroxylation sites is 1. The smallest absolute Gasteiger partial charge is 0.243 e. The Morgan fingerprint density at radius 2 is 1.91 bits per heavy atom. The van der Waals surface area contributed by atoms with Gasteiger partial charge < -0.3 is 25.3 Å². The fraction of sp³-hybridized carbons (Fsp3) is 0.565. The van der Waals surface area contributed by atoms with Gasteiger partial charge in [-0.2, -0.15) is 0 Å². The molecule has 2 aromatic rings. The molecule has 0 unspecified atom stereocenters. The molecular formula is C23H37IN6O2. The van der Waals surface area contributed by atoms with Gasteiger partial charge in [-0.25, -0.2) is 4.99 Å². The summed E-state index contributed by atoms with van der Waals surface area (Å²) in [4.78, 5) is 23.9. The lowest BCUT2D eigenvalue weighted by molar-refractivity contribution is -0.127. The molecule has 1 aliphatic rings. The number of hydrogen-bond donors (Lipinski definition) is 3. The van der Waals surface area contributed by atoms with Gasteiger partial charge in [0, 0.05) is 56.9 Å². The Labute approximate surface area is 208 Å². The summed E-state index contributed by atoms with van der Waals surface area (Å²) in [7, 11) is 3.50. The molecular weight excluding hydrogens is 519 g/mol. The van der Waals surface area contributed by atoms with Crippen LogP contribution in [0.2, 0.25) is 0 Å². The van der Waals surface area contributed by atoms with Crippen LogP contribution in [0.25, 0.3) is 10.9 Å². The van der Waals surface area contributed by atoms with Crippen molar-refractivity contribution >= 4 is 46.7 Å². The minimum Gasteiger partial charge on any atom is -0.379 e. The van der Waals surface area contributed by atoms with E-state index >= 15 is 0 Å². The first-order valence-electron chi connectivity index (χ1n) is 11.1. The number of nitrogens with zero attached hydrogens (tertiary/aromatic N) is 3. The first-order chi connectivity index (χ1) is 15.0. The topological polar surface area (TPSA) is 85.0 Å². The van der Waals surface area contributed by atoms with Gasteiger partial charge in [0.25, 0.3) is 0 Å². The summed E-state index contributed by atoms with van der Waals surface area (Å²) < 4.78 is 5.40. The number of hydrogen-bond acceptors (Lipinski definition) is 4. The van der Waals surface area contributed by atoms with Crippen molar-refractivity contribution in [3.8, 4) is 0 Å². The number of nitrogens with one attached hydrogen (secondary N) is 3. The summed E-state index contributed by atoms with van der Waals surface area (Å²) in [5, 5.41) is 8.06. The zero-order valence-corrected chi connectivity index (χ0v) is 21.8. The number of halogens is 1. The van der Waals surface area contributed by atoms with E-state index in [0.717, 1.165) is 58.8 Å². The molecule has 0 radical (unpaired) electrons. The number of ether oxygens (including phenoxy) is 1. The molecule has 0 bridgehead atoms. The molecule has 3 rings (SSSR count). The molecule has 1 saturated heterocycles. The van der Waals surface area contributed by atoms with Crippen LogP contribution in [0.5, 0.6) is 0 Å². The quantitative estimate of drug-likeness (QED) is 0.191. The van der Waals surface area contributed by atoms with Crippen molar-refractivity contribution in [3.05, 3.63) is 35.5 Å². The van der Waals surface area contributed by atoms with Crippen LogP contribution >= 0.6 is 24.0 Å². The van der Waals surface area contributed by atoms with E-state index in [1.54, 1.807) is 19.0 Å². The monoisotopic (exact) mass is 556 g/mol. The van der Waals surface area contributed by atoms with Crippen molar-refractivity contribution in [1.29, 1.82) is 0 Å². The van der Waals surface area contributed by atoms with Crippen molar-refractivity contribution in [1.82, 2.24) is 25.4 Å². The van der Waals surface area contributed by atoms with Gasteiger partial charge in [0.15, 0.2) is 5.96 Å². The molecule has 1 aromatic carbocycles. The SMILES string of the molecule is Cc1[nH]c2ccccc2c1CCNC(=NCC(=O)N(C)C)NCCCN1CCOCC1.I. The highest BCUT2D eigenvalue weighted by Gasteiger charge is 2.11. The summed E-state index contributed by atoms with van der Waals surface area (Å²) in [5.74, 6) is 0.677. The molecule has 32 heavy (non-hydrogen) atoms.